The number of nitrogens with one attached hydrogen (secondary N) is 1. The molecular weight excluding hydrogens is 246 g/mol. The molecule has 3 heteroatoms. The lowest BCUT2D eigenvalue weighted by atomic mass is 10.0. The molecule has 20 heavy (non-hydrogen) atoms. The summed E-state index contributed by atoms with van der Waals surface area (Å²) in [7, 11) is 0. The van der Waals surface area contributed by atoms with E-state index in [1.807, 2.05) is 0 Å². The highest BCUT2D eigenvalue weighted by molar-refractivity contribution is 5.41. The number of hydrogen-bond acceptors (Lipinski definition) is 3. The van der Waals surface area contributed by atoms with Gasteiger partial charge in [0.2, 0.25) is 0 Å². The smallest absolute Gasteiger partial charge is 0.128 e. The predicted molar refractivity (Wildman–Crippen MR) is 83.8 cm³/mol. The molecule has 3 nitrogen and oxygen atoms in total. The van der Waals surface area contributed by atoms with E-state index >= 15 is 0 Å². The predicted octanol–water partition coefficient (Wildman–Crippen LogP) is 3.06. The van der Waals surface area contributed by atoms with Crippen LogP contribution in [0.3, 0.4) is 0 Å². The fourth-order valence-corrected chi connectivity index (χ4v) is 3.65. The Morgan fingerprint density at radius 3 is 2.70 bits per heavy atom. The van der Waals surface area contributed by atoms with Gasteiger partial charge >= 0.3 is 0 Å². The summed E-state index contributed by atoms with van der Waals surface area (Å²) in [5, 5.41) is 3.48. The molecule has 0 radical (unpaired) electrons. The van der Waals surface area contributed by atoms with Crippen molar-refractivity contribution in [2.75, 3.05) is 24.5 Å². The van der Waals surface area contributed by atoms with Gasteiger partial charge in [0, 0.05) is 19.6 Å². The fourth-order valence-electron chi connectivity index (χ4n) is 3.65. The molecule has 110 valence electrons. The molecule has 2 aliphatic rings. The van der Waals surface area contributed by atoms with Crippen molar-refractivity contribution in [2.45, 2.75) is 39.7 Å². The molecule has 1 aliphatic carbocycles. The number of fused-ring (bicyclic) bond motifs is 1. The summed E-state index contributed by atoms with van der Waals surface area (Å²) in [5.41, 5.74) is 1.17. The van der Waals surface area contributed by atoms with Crippen LogP contribution in [0.5, 0.6) is 0 Å². The summed E-state index contributed by atoms with van der Waals surface area (Å²) < 4.78 is 0. The van der Waals surface area contributed by atoms with Crippen molar-refractivity contribution in [3.8, 4) is 0 Å². The third kappa shape index (κ3) is 3.14. The number of anilines is 1. The lowest BCUT2D eigenvalue weighted by Crippen LogP contribution is -2.23. The van der Waals surface area contributed by atoms with Crippen LogP contribution < -0.4 is 10.2 Å². The van der Waals surface area contributed by atoms with Crippen LogP contribution in [0.4, 0.5) is 5.82 Å². The van der Waals surface area contributed by atoms with E-state index in [9.17, 15) is 0 Å². The Balaban J connectivity index is 1.60. The van der Waals surface area contributed by atoms with Crippen LogP contribution in [-0.2, 0) is 6.54 Å². The molecule has 1 aromatic rings. The van der Waals surface area contributed by atoms with Gasteiger partial charge < -0.3 is 10.2 Å². The zero-order valence-electron chi connectivity index (χ0n) is 12.8. The summed E-state index contributed by atoms with van der Waals surface area (Å²) >= 11 is 0. The van der Waals surface area contributed by atoms with Crippen LogP contribution in [0.25, 0.3) is 0 Å². The zero-order valence-corrected chi connectivity index (χ0v) is 12.8. The number of aromatic nitrogens is 1. The third-order valence-electron chi connectivity index (χ3n) is 4.70. The Hall–Kier alpha value is -1.09. The van der Waals surface area contributed by atoms with Crippen molar-refractivity contribution in [1.82, 2.24) is 10.3 Å². The molecule has 2 atom stereocenters. The number of pyridine rings is 1. The van der Waals surface area contributed by atoms with Gasteiger partial charge in [-0.2, -0.15) is 0 Å². The molecule has 0 bridgehead atoms. The van der Waals surface area contributed by atoms with Crippen molar-refractivity contribution >= 4 is 5.82 Å². The van der Waals surface area contributed by atoms with Crippen molar-refractivity contribution in [2.24, 2.45) is 17.8 Å². The maximum Gasteiger partial charge on any atom is 0.128 e. The first-order chi connectivity index (χ1) is 9.72. The average molecular weight is 273 g/mol. The Kier molecular flexibility index (Phi) is 4.25. The third-order valence-corrected chi connectivity index (χ3v) is 4.70. The largest absolute Gasteiger partial charge is 0.356 e. The molecule has 3 rings (SSSR count). The van der Waals surface area contributed by atoms with E-state index in [2.05, 4.69) is 42.3 Å². The summed E-state index contributed by atoms with van der Waals surface area (Å²) in [4.78, 5) is 7.34. The van der Waals surface area contributed by atoms with Gasteiger partial charge in [-0.05, 0) is 49.3 Å². The first-order valence-corrected chi connectivity index (χ1v) is 8.14. The van der Waals surface area contributed by atoms with Gasteiger partial charge in [0.25, 0.3) is 0 Å². The molecule has 1 saturated heterocycles. The highest BCUT2D eigenvalue weighted by atomic mass is 15.2. The molecule has 0 aromatic carbocycles. The SMILES string of the molecule is CC(C)CNCc1cccc(N2CC3CCCC3C2)n1. The quantitative estimate of drug-likeness (QED) is 0.893. The van der Waals surface area contributed by atoms with Crippen molar-refractivity contribution < 1.29 is 0 Å². The normalized spacial score (nSPS) is 25.4. The lowest BCUT2D eigenvalue weighted by Gasteiger charge is -2.19. The Morgan fingerprint density at radius 2 is 2.00 bits per heavy atom. The van der Waals surface area contributed by atoms with Gasteiger partial charge in [0.05, 0.1) is 5.69 Å². The molecule has 2 unspecified atom stereocenters. The van der Waals surface area contributed by atoms with E-state index in [-0.39, 0.29) is 0 Å². The zero-order chi connectivity index (χ0) is 13.9. The summed E-state index contributed by atoms with van der Waals surface area (Å²) in [6, 6.07) is 6.46. The van der Waals surface area contributed by atoms with Gasteiger partial charge in [-0.25, -0.2) is 4.98 Å². The highest BCUT2D eigenvalue weighted by Crippen LogP contribution is 2.39. The number of rotatable bonds is 5. The minimum atomic E-state index is 0.691. The van der Waals surface area contributed by atoms with E-state index in [1.165, 1.54) is 43.9 Å². The van der Waals surface area contributed by atoms with E-state index in [0.717, 1.165) is 24.9 Å². The number of nitrogens with zero attached hydrogens (tertiary/aromatic N) is 2. The summed E-state index contributed by atoms with van der Waals surface area (Å²) in [5.74, 6) is 3.73. The molecule has 1 N–H and O–H groups in total. The second-order valence-electron chi connectivity index (χ2n) is 6.87. The van der Waals surface area contributed by atoms with E-state index < -0.39 is 0 Å². The first-order valence-electron chi connectivity index (χ1n) is 8.14. The van der Waals surface area contributed by atoms with E-state index in [0.29, 0.717) is 5.92 Å². The Morgan fingerprint density at radius 1 is 1.25 bits per heavy atom. The van der Waals surface area contributed by atoms with Crippen LogP contribution >= 0.6 is 0 Å². The van der Waals surface area contributed by atoms with Crippen molar-refractivity contribution in [1.29, 1.82) is 0 Å². The van der Waals surface area contributed by atoms with E-state index in [4.69, 9.17) is 4.98 Å². The van der Waals surface area contributed by atoms with E-state index in [1.54, 1.807) is 0 Å². The monoisotopic (exact) mass is 273 g/mol. The summed E-state index contributed by atoms with van der Waals surface area (Å²) in [6.07, 6.45) is 4.30. The van der Waals surface area contributed by atoms with Crippen LogP contribution in [-0.4, -0.2) is 24.6 Å². The average Bonchev–Trinajstić information content (AvgIpc) is 2.99. The molecule has 1 saturated carbocycles. The first kappa shape index (κ1) is 13.9. The van der Waals surface area contributed by atoms with Crippen LogP contribution in [0.1, 0.15) is 38.8 Å². The molecular formula is C17H27N3. The van der Waals surface area contributed by atoms with Gasteiger partial charge in [-0.15, -0.1) is 0 Å². The van der Waals surface area contributed by atoms with Crippen LogP contribution in [0, 0.1) is 17.8 Å². The Labute approximate surface area is 122 Å². The fraction of sp³-hybridized carbons (Fsp3) is 0.706. The minimum absolute atomic E-state index is 0.691. The molecule has 1 aliphatic heterocycles. The highest BCUT2D eigenvalue weighted by Gasteiger charge is 2.36. The molecule has 2 heterocycles. The molecule has 1 aromatic heterocycles. The molecule has 0 spiro atoms. The van der Waals surface area contributed by atoms with Crippen molar-refractivity contribution in [3.63, 3.8) is 0 Å². The van der Waals surface area contributed by atoms with Gasteiger partial charge in [-0.3, -0.25) is 0 Å². The molecule has 0 amide bonds. The van der Waals surface area contributed by atoms with Gasteiger partial charge in [-0.1, -0.05) is 26.3 Å². The maximum absolute atomic E-state index is 4.84. The standard InChI is InChI=1S/C17H27N3/c1-13(2)9-18-10-16-7-4-8-17(19-16)20-11-14-5-3-6-15(14)12-20/h4,7-8,13-15,18H,3,5-6,9-12H2,1-2H3. The lowest BCUT2D eigenvalue weighted by molar-refractivity contribution is 0.494. The minimum Gasteiger partial charge on any atom is -0.356 e. The topological polar surface area (TPSA) is 28.2 Å². The second kappa shape index (κ2) is 6.13. The molecule has 2 fully saturated rings. The second-order valence-corrected chi connectivity index (χ2v) is 6.87. The van der Waals surface area contributed by atoms with Crippen molar-refractivity contribution in [3.05, 3.63) is 23.9 Å². The number of hydrogen-bond donors (Lipinski definition) is 1. The summed E-state index contributed by atoms with van der Waals surface area (Å²) in [6.45, 7) is 8.85. The van der Waals surface area contributed by atoms with Gasteiger partial charge in [0.15, 0.2) is 0 Å². The van der Waals surface area contributed by atoms with Gasteiger partial charge in [0.1, 0.15) is 5.82 Å². The van der Waals surface area contributed by atoms with Crippen LogP contribution in [0.2, 0.25) is 0 Å². The Bertz CT molecular complexity index is 432. The maximum atomic E-state index is 4.84. The van der Waals surface area contributed by atoms with Crippen LogP contribution in [0.15, 0.2) is 18.2 Å².